The molecule has 2 aromatic carbocycles. The van der Waals surface area contributed by atoms with Gasteiger partial charge in [0.05, 0.1) is 10.6 Å². The number of nitrogens with one attached hydrogen (secondary N) is 2. The van der Waals surface area contributed by atoms with Crippen LogP contribution in [0.3, 0.4) is 0 Å². The molecule has 0 radical (unpaired) electrons. The molecule has 2 aromatic heterocycles. The summed E-state index contributed by atoms with van der Waals surface area (Å²) in [5.41, 5.74) is 2.71. The van der Waals surface area contributed by atoms with Crippen molar-refractivity contribution in [3.63, 3.8) is 0 Å². The summed E-state index contributed by atoms with van der Waals surface area (Å²) in [4.78, 5) is 8.68. The number of benzene rings is 2. The van der Waals surface area contributed by atoms with E-state index in [0.29, 0.717) is 5.13 Å². The van der Waals surface area contributed by atoms with Gasteiger partial charge in [-0.2, -0.15) is 0 Å². The Labute approximate surface area is 164 Å². The van der Waals surface area contributed by atoms with Crippen molar-refractivity contribution in [1.29, 1.82) is 0 Å². The van der Waals surface area contributed by atoms with E-state index in [1.165, 1.54) is 22.7 Å². The molecule has 2 N–H and O–H groups in total. The van der Waals surface area contributed by atoms with E-state index in [-0.39, 0.29) is 4.90 Å². The molecule has 4 rings (SSSR count). The molecule has 0 aliphatic rings. The molecule has 136 valence electrons. The van der Waals surface area contributed by atoms with E-state index < -0.39 is 10.0 Å². The minimum Gasteiger partial charge on any atom is -0.332 e. The van der Waals surface area contributed by atoms with Gasteiger partial charge in [-0.1, -0.05) is 30.3 Å². The molecule has 0 bridgehead atoms. The van der Waals surface area contributed by atoms with Crippen molar-refractivity contribution in [3.8, 4) is 11.3 Å². The molecule has 0 aliphatic heterocycles. The number of sulfonamides is 1. The topological polar surface area (TPSA) is 84.0 Å². The van der Waals surface area contributed by atoms with Gasteiger partial charge in [-0.25, -0.2) is 18.4 Å². The Kier molecular flexibility index (Phi) is 4.88. The molecule has 4 aromatic rings. The molecule has 0 aliphatic carbocycles. The fourth-order valence-corrected chi connectivity index (χ4v) is 4.89. The predicted octanol–water partition coefficient (Wildman–Crippen LogP) is 4.81. The first-order valence-electron chi connectivity index (χ1n) is 7.90. The van der Waals surface area contributed by atoms with Gasteiger partial charge in [0, 0.05) is 28.2 Å². The van der Waals surface area contributed by atoms with Gasteiger partial charge in [-0.05, 0) is 24.3 Å². The van der Waals surface area contributed by atoms with E-state index >= 15 is 0 Å². The van der Waals surface area contributed by atoms with Crippen LogP contribution < -0.4 is 10.0 Å². The number of hydrogen-bond donors (Lipinski definition) is 2. The van der Waals surface area contributed by atoms with Gasteiger partial charge in [0.15, 0.2) is 10.3 Å². The Bertz CT molecular complexity index is 1120. The fraction of sp³-hybridized carbons (Fsp3) is 0. The molecule has 0 spiro atoms. The number of nitrogens with zero attached hydrogens (tertiary/aromatic N) is 2. The third-order valence-electron chi connectivity index (χ3n) is 3.64. The maximum atomic E-state index is 12.4. The van der Waals surface area contributed by atoms with Gasteiger partial charge >= 0.3 is 0 Å². The number of anilines is 3. The molecule has 9 heteroatoms. The zero-order chi connectivity index (χ0) is 18.7. The van der Waals surface area contributed by atoms with Gasteiger partial charge in [0.2, 0.25) is 0 Å². The Balaban J connectivity index is 1.48. The highest BCUT2D eigenvalue weighted by atomic mass is 32.2. The molecular formula is C18H14N4O2S3. The summed E-state index contributed by atoms with van der Waals surface area (Å²) >= 11 is 2.72. The molecule has 0 fully saturated rings. The average molecular weight is 415 g/mol. The van der Waals surface area contributed by atoms with Crippen LogP contribution in [0.4, 0.5) is 16.0 Å². The third-order valence-corrected chi connectivity index (χ3v) is 6.57. The van der Waals surface area contributed by atoms with Crippen LogP contribution in [0.5, 0.6) is 0 Å². The zero-order valence-electron chi connectivity index (χ0n) is 13.9. The standard InChI is InChI=1S/C18H14N4O2S3/c23-27(24,22-17-19-10-11-25-17)15-8-6-14(7-9-15)20-18-21-16(12-26-18)13-4-2-1-3-5-13/h1-12H,(H,19,22)(H,20,21). The molecule has 0 saturated heterocycles. The van der Waals surface area contributed by atoms with Crippen LogP contribution in [-0.4, -0.2) is 18.4 Å². The van der Waals surface area contributed by atoms with Crippen LogP contribution in [-0.2, 0) is 10.0 Å². The molecule has 0 atom stereocenters. The van der Waals surface area contributed by atoms with Crippen LogP contribution in [0, 0.1) is 0 Å². The summed E-state index contributed by atoms with van der Waals surface area (Å²) in [5.74, 6) is 0. The first-order valence-corrected chi connectivity index (χ1v) is 11.1. The van der Waals surface area contributed by atoms with Crippen molar-refractivity contribution in [2.24, 2.45) is 0 Å². The van der Waals surface area contributed by atoms with E-state index in [9.17, 15) is 8.42 Å². The smallest absolute Gasteiger partial charge is 0.263 e. The van der Waals surface area contributed by atoms with Crippen molar-refractivity contribution < 1.29 is 8.42 Å². The van der Waals surface area contributed by atoms with Gasteiger partial charge < -0.3 is 5.32 Å². The number of hydrogen-bond acceptors (Lipinski definition) is 7. The van der Waals surface area contributed by atoms with Crippen LogP contribution in [0.25, 0.3) is 11.3 Å². The fourth-order valence-electron chi connectivity index (χ4n) is 2.36. The first-order chi connectivity index (χ1) is 13.1. The van der Waals surface area contributed by atoms with Crippen LogP contribution >= 0.6 is 22.7 Å². The van der Waals surface area contributed by atoms with Gasteiger partial charge in [0.25, 0.3) is 10.0 Å². The van der Waals surface area contributed by atoms with Crippen molar-refractivity contribution in [2.45, 2.75) is 4.90 Å². The molecule has 0 saturated carbocycles. The Morgan fingerprint density at radius 2 is 1.67 bits per heavy atom. The van der Waals surface area contributed by atoms with Crippen molar-refractivity contribution in [3.05, 3.63) is 71.6 Å². The Morgan fingerprint density at radius 3 is 2.37 bits per heavy atom. The number of aromatic nitrogens is 2. The van der Waals surface area contributed by atoms with Crippen molar-refractivity contribution in [1.82, 2.24) is 9.97 Å². The summed E-state index contributed by atoms with van der Waals surface area (Å²) in [6.07, 6.45) is 1.55. The van der Waals surface area contributed by atoms with Crippen LogP contribution in [0.1, 0.15) is 0 Å². The van der Waals surface area contributed by atoms with Crippen LogP contribution in [0.15, 0.2) is 76.4 Å². The third kappa shape index (κ3) is 4.16. The summed E-state index contributed by atoms with van der Waals surface area (Å²) in [7, 11) is -3.65. The molecular weight excluding hydrogens is 400 g/mol. The van der Waals surface area contributed by atoms with Gasteiger partial charge in [0.1, 0.15) is 0 Å². The minimum atomic E-state index is -3.65. The van der Waals surface area contributed by atoms with Crippen LogP contribution in [0.2, 0.25) is 0 Å². The van der Waals surface area contributed by atoms with E-state index in [2.05, 4.69) is 20.0 Å². The Hall–Kier alpha value is -2.75. The summed E-state index contributed by atoms with van der Waals surface area (Å²) < 4.78 is 27.2. The second-order valence-electron chi connectivity index (χ2n) is 5.50. The average Bonchev–Trinajstić information content (AvgIpc) is 3.35. The highest BCUT2D eigenvalue weighted by Gasteiger charge is 2.15. The lowest BCUT2D eigenvalue weighted by Gasteiger charge is -2.07. The molecule has 2 heterocycles. The highest BCUT2D eigenvalue weighted by molar-refractivity contribution is 7.93. The van der Waals surface area contributed by atoms with E-state index in [1.54, 1.807) is 35.8 Å². The molecule has 27 heavy (non-hydrogen) atoms. The molecule has 6 nitrogen and oxygen atoms in total. The number of thiazole rings is 2. The summed E-state index contributed by atoms with van der Waals surface area (Å²) in [6, 6.07) is 16.4. The van der Waals surface area contributed by atoms with E-state index in [4.69, 9.17) is 0 Å². The largest absolute Gasteiger partial charge is 0.332 e. The zero-order valence-corrected chi connectivity index (χ0v) is 16.3. The lowest BCUT2D eigenvalue weighted by Crippen LogP contribution is -2.12. The SMILES string of the molecule is O=S(=O)(Nc1nccs1)c1ccc(Nc2nc(-c3ccccc3)cs2)cc1. The highest BCUT2D eigenvalue weighted by Crippen LogP contribution is 2.27. The van der Waals surface area contributed by atoms with Crippen molar-refractivity contribution in [2.75, 3.05) is 10.0 Å². The number of rotatable bonds is 6. The second kappa shape index (κ2) is 7.47. The molecule has 0 amide bonds. The van der Waals surface area contributed by atoms with E-state index in [0.717, 1.165) is 22.1 Å². The predicted molar refractivity (Wildman–Crippen MR) is 110 cm³/mol. The maximum Gasteiger partial charge on any atom is 0.263 e. The normalized spacial score (nSPS) is 11.3. The molecule has 0 unspecified atom stereocenters. The summed E-state index contributed by atoms with van der Waals surface area (Å²) in [5, 5.41) is 7.97. The van der Waals surface area contributed by atoms with Gasteiger partial charge in [-0.15, -0.1) is 22.7 Å². The monoisotopic (exact) mass is 414 g/mol. The second-order valence-corrected chi connectivity index (χ2v) is 8.93. The minimum absolute atomic E-state index is 0.173. The first kappa shape index (κ1) is 17.7. The quantitative estimate of drug-likeness (QED) is 0.473. The van der Waals surface area contributed by atoms with Crippen molar-refractivity contribution >= 4 is 48.6 Å². The maximum absolute atomic E-state index is 12.4. The summed E-state index contributed by atoms with van der Waals surface area (Å²) in [6.45, 7) is 0. The lowest BCUT2D eigenvalue weighted by atomic mass is 10.2. The lowest BCUT2D eigenvalue weighted by molar-refractivity contribution is 0.601. The van der Waals surface area contributed by atoms with E-state index in [1.807, 2.05) is 35.7 Å². The van der Waals surface area contributed by atoms with Gasteiger partial charge in [-0.3, -0.25) is 4.72 Å². The Morgan fingerprint density at radius 1 is 0.889 bits per heavy atom.